The number of carbonyl (C=O) groups excluding carboxylic acids is 1. The number of aromatic nitrogens is 2. The fraction of sp³-hybridized carbons (Fsp3) is 0.545. The van der Waals surface area contributed by atoms with E-state index in [2.05, 4.69) is 9.27 Å². The lowest BCUT2D eigenvalue weighted by molar-refractivity contribution is -0.847. The topological polar surface area (TPSA) is 175 Å². The van der Waals surface area contributed by atoms with Gasteiger partial charge in [-0.25, -0.2) is 9.08 Å². The van der Waals surface area contributed by atoms with Crippen molar-refractivity contribution in [1.29, 1.82) is 0 Å². The predicted octanol–water partition coefficient (Wildman–Crippen LogP) is -1.98. The minimum Gasteiger partial charge on any atom is -0.870 e. The summed E-state index contributed by atoms with van der Waals surface area (Å²) >= 11 is 0. The summed E-state index contributed by atoms with van der Waals surface area (Å²) < 4.78 is 45.3. The SMILES string of the molecule is CCOC(=O)c1c[n+](OS(=O)(=O)O)c(N)nc1N1CCOCC1.[OH-]. The first-order valence-electron chi connectivity index (χ1n) is 6.71. The van der Waals surface area contributed by atoms with Crippen molar-refractivity contribution in [3.63, 3.8) is 0 Å². The first-order chi connectivity index (χ1) is 10.8. The summed E-state index contributed by atoms with van der Waals surface area (Å²) in [6, 6.07) is 0. The lowest BCUT2D eigenvalue weighted by Gasteiger charge is -2.27. The number of anilines is 2. The van der Waals surface area contributed by atoms with Crippen LogP contribution in [-0.4, -0.2) is 62.3 Å². The lowest BCUT2D eigenvalue weighted by Crippen LogP contribution is -2.50. The van der Waals surface area contributed by atoms with Crippen LogP contribution in [0.4, 0.5) is 11.8 Å². The van der Waals surface area contributed by atoms with Crippen LogP contribution in [0.3, 0.4) is 0 Å². The summed E-state index contributed by atoms with van der Waals surface area (Å²) in [5, 5.41) is 0. The molecule has 0 amide bonds. The maximum absolute atomic E-state index is 12.1. The van der Waals surface area contributed by atoms with Gasteiger partial charge in [0.05, 0.1) is 19.8 Å². The molecule has 0 spiro atoms. The van der Waals surface area contributed by atoms with E-state index < -0.39 is 16.4 Å². The van der Waals surface area contributed by atoms with Crippen molar-refractivity contribution in [2.24, 2.45) is 0 Å². The van der Waals surface area contributed by atoms with Crippen molar-refractivity contribution in [3.8, 4) is 0 Å². The van der Waals surface area contributed by atoms with Gasteiger partial charge in [-0.15, -0.1) is 0 Å². The van der Waals surface area contributed by atoms with Crippen LogP contribution in [0.25, 0.3) is 0 Å². The van der Waals surface area contributed by atoms with Gasteiger partial charge in [0.2, 0.25) is 5.82 Å². The van der Waals surface area contributed by atoms with Crippen LogP contribution in [0.15, 0.2) is 6.20 Å². The molecular formula is C11H18N4O8S. The molecule has 1 fully saturated rings. The van der Waals surface area contributed by atoms with Crippen LogP contribution < -0.4 is 19.6 Å². The molecule has 1 aromatic rings. The van der Waals surface area contributed by atoms with Gasteiger partial charge in [-0.3, -0.25) is 10.3 Å². The minimum absolute atomic E-state index is 0. The van der Waals surface area contributed by atoms with Gasteiger partial charge in [-0.2, -0.15) is 8.42 Å². The predicted molar refractivity (Wildman–Crippen MR) is 77.9 cm³/mol. The Morgan fingerprint density at radius 3 is 2.67 bits per heavy atom. The van der Waals surface area contributed by atoms with Crippen LogP contribution in [0.2, 0.25) is 0 Å². The van der Waals surface area contributed by atoms with Gasteiger partial charge >= 0.3 is 22.3 Å². The first kappa shape index (κ1) is 19.8. The third-order valence-electron chi connectivity index (χ3n) is 2.91. The Morgan fingerprint density at radius 1 is 1.50 bits per heavy atom. The number of rotatable bonds is 5. The molecule has 1 saturated heterocycles. The molecule has 13 heteroatoms. The van der Waals surface area contributed by atoms with Crippen LogP contribution in [0.1, 0.15) is 17.3 Å². The summed E-state index contributed by atoms with van der Waals surface area (Å²) in [7, 11) is -4.83. The molecule has 0 bridgehead atoms. The van der Waals surface area contributed by atoms with E-state index >= 15 is 0 Å². The fourth-order valence-electron chi connectivity index (χ4n) is 1.99. The maximum Gasteiger partial charge on any atom is 0.476 e. The average Bonchev–Trinajstić information content (AvgIpc) is 2.48. The van der Waals surface area contributed by atoms with Crippen molar-refractivity contribution in [2.45, 2.75) is 6.92 Å². The summed E-state index contributed by atoms with van der Waals surface area (Å²) in [5.41, 5.74) is 5.57. The van der Waals surface area contributed by atoms with Crippen LogP contribution in [0, 0.1) is 0 Å². The second kappa shape index (κ2) is 8.05. The quantitative estimate of drug-likeness (QED) is 0.335. The molecule has 1 aliphatic heterocycles. The zero-order valence-electron chi connectivity index (χ0n) is 12.8. The summed E-state index contributed by atoms with van der Waals surface area (Å²) in [4.78, 5) is 17.8. The average molecular weight is 366 g/mol. The van der Waals surface area contributed by atoms with Gasteiger partial charge in [0, 0.05) is 13.1 Å². The number of nitrogens with zero attached hydrogens (tertiary/aromatic N) is 3. The Hall–Kier alpha value is -2.22. The van der Waals surface area contributed by atoms with Gasteiger partial charge in [0.15, 0.2) is 5.56 Å². The van der Waals surface area contributed by atoms with Crippen LogP contribution >= 0.6 is 0 Å². The smallest absolute Gasteiger partial charge is 0.476 e. The van der Waals surface area contributed by atoms with E-state index in [4.69, 9.17) is 19.8 Å². The van der Waals surface area contributed by atoms with E-state index in [-0.39, 0.29) is 29.4 Å². The Balaban J connectivity index is 0.00000288. The molecule has 1 aliphatic rings. The normalized spacial score (nSPS) is 14.7. The highest BCUT2D eigenvalue weighted by atomic mass is 32.3. The Kier molecular flexibility index (Phi) is 6.65. The molecule has 0 aromatic carbocycles. The zero-order valence-corrected chi connectivity index (χ0v) is 13.6. The monoisotopic (exact) mass is 366 g/mol. The number of nitrogens with two attached hydrogens (primary N) is 1. The van der Waals surface area contributed by atoms with Crippen molar-refractivity contribution in [1.82, 2.24) is 4.98 Å². The number of nitrogen functional groups attached to an aromatic ring is 1. The second-order valence-corrected chi connectivity index (χ2v) is 5.49. The van der Waals surface area contributed by atoms with E-state index in [0.29, 0.717) is 31.0 Å². The highest BCUT2D eigenvalue weighted by Gasteiger charge is 2.29. The molecule has 0 aliphatic carbocycles. The van der Waals surface area contributed by atoms with Crippen molar-refractivity contribution in [2.75, 3.05) is 43.5 Å². The lowest BCUT2D eigenvalue weighted by atomic mass is 10.2. The molecule has 2 rings (SSSR count). The molecule has 2 heterocycles. The third kappa shape index (κ3) is 4.89. The molecule has 12 nitrogen and oxygen atoms in total. The number of hydrogen-bond donors (Lipinski definition) is 2. The van der Waals surface area contributed by atoms with E-state index in [1.165, 1.54) is 0 Å². The number of ether oxygens (including phenoxy) is 2. The molecular weight excluding hydrogens is 348 g/mol. The molecule has 0 radical (unpaired) electrons. The molecule has 0 unspecified atom stereocenters. The van der Waals surface area contributed by atoms with Gasteiger partial charge in [-0.05, 0) is 16.6 Å². The largest absolute Gasteiger partial charge is 0.870 e. The summed E-state index contributed by atoms with van der Waals surface area (Å²) in [5.74, 6) is -0.870. The van der Waals surface area contributed by atoms with Crippen LogP contribution in [-0.2, 0) is 19.9 Å². The summed E-state index contributed by atoms with van der Waals surface area (Å²) in [6.45, 7) is 3.58. The van der Waals surface area contributed by atoms with Gasteiger partial charge in [-0.1, -0.05) is 0 Å². The molecule has 4 N–H and O–H groups in total. The van der Waals surface area contributed by atoms with Gasteiger partial charge in [0.25, 0.3) is 0 Å². The van der Waals surface area contributed by atoms with E-state index in [0.717, 1.165) is 6.20 Å². The number of esters is 1. The van der Waals surface area contributed by atoms with Crippen LogP contribution in [0.5, 0.6) is 0 Å². The highest BCUT2D eigenvalue weighted by molar-refractivity contribution is 7.80. The van der Waals surface area contributed by atoms with Gasteiger partial charge in [0.1, 0.15) is 6.20 Å². The molecule has 1 aromatic heterocycles. The highest BCUT2D eigenvalue weighted by Crippen LogP contribution is 2.19. The van der Waals surface area contributed by atoms with E-state index in [1.807, 2.05) is 0 Å². The molecule has 0 saturated carbocycles. The standard InChI is InChI=1S/C11H16N4O7S.H2O/c1-2-21-10(16)8-7-15(22-23(17,18)19)11(12)13-9(8)14-3-5-20-6-4-14;/h7,12H,2-6H2,1H3,(H,17,18,19);1H2. The zero-order chi connectivity index (χ0) is 17.0. The molecule has 136 valence electrons. The number of morpholine rings is 1. The third-order valence-corrected chi connectivity index (χ3v) is 3.26. The molecule has 24 heavy (non-hydrogen) atoms. The Morgan fingerprint density at radius 2 is 2.12 bits per heavy atom. The number of carbonyl (C=O) groups is 1. The Labute approximate surface area is 138 Å². The minimum atomic E-state index is -4.83. The fourth-order valence-corrected chi connectivity index (χ4v) is 2.31. The van der Waals surface area contributed by atoms with E-state index in [9.17, 15) is 13.2 Å². The first-order valence-corrected chi connectivity index (χ1v) is 8.07. The van der Waals surface area contributed by atoms with Crippen molar-refractivity contribution >= 4 is 28.1 Å². The number of hydrogen-bond acceptors (Lipinski definition) is 10. The maximum atomic E-state index is 12.1. The Bertz CT molecular complexity index is 690. The van der Waals surface area contributed by atoms with Gasteiger partial charge < -0.3 is 19.8 Å². The summed E-state index contributed by atoms with van der Waals surface area (Å²) in [6.07, 6.45) is 0.999. The van der Waals surface area contributed by atoms with Crippen molar-refractivity contribution < 1.29 is 41.7 Å². The molecule has 0 atom stereocenters. The van der Waals surface area contributed by atoms with Crippen molar-refractivity contribution in [3.05, 3.63) is 11.8 Å². The van der Waals surface area contributed by atoms with E-state index in [1.54, 1.807) is 11.8 Å². The second-order valence-electron chi connectivity index (χ2n) is 4.48.